The van der Waals surface area contributed by atoms with Crippen molar-refractivity contribution in [3.63, 3.8) is 0 Å². The van der Waals surface area contributed by atoms with E-state index in [4.69, 9.17) is 24.4 Å². The zero-order valence-corrected chi connectivity index (χ0v) is 23.8. The van der Waals surface area contributed by atoms with Crippen LogP contribution in [-0.4, -0.2) is 29.0 Å². The number of hydrazone groups is 1. The second-order valence-corrected chi connectivity index (χ2v) is 11.3. The van der Waals surface area contributed by atoms with Crippen LogP contribution in [0.15, 0.2) is 129 Å². The fraction of sp³-hybridized carbons (Fsp3) is 0.0667. The van der Waals surface area contributed by atoms with Gasteiger partial charge in [0, 0.05) is 44.1 Å². The van der Waals surface area contributed by atoms with Crippen molar-refractivity contribution >= 4 is 74.1 Å². The molecule has 0 saturated heterocycles. The smallest absolute Gasteiger partial charge is 0.191 e. The van der Waals surface area contributed by atoms with Gasteiger partial charge in [0.25, 0.3) is 0 Å². The highest BCUT2D eigenvalue weighted by Crippen LogP contribution is 2.39. The summed E-state index contributed by atoms with van der Waals surface area (Å²) in [6.07, 6.45) is 4.46. The third-order valence-electron chi connectivity index (χ3n) is 5.20. The average molecular weight is 571 g/mol. The number of nitrogens with zero attached hydrogens (tertiary/aromatic N) is 2. The Balaban J connectivity index is 1.32. The molecule has 0 aliphatic carbocycles. The number of hydrogen-bond acceptors (Lipinski definition) is 6. The van der Waals surface area contributed by atoms with Crippen LogP contribution in [-0.2, 0) is 6.42 Å². The molecule has 2 N–H and O–H groups in total. The lowest BCUT2D eigenvalue weighted by Gasteiger charge is -2.08. The quantitative estimate of drug-likeness (QED) is 0.0829. The summed E-state index contributed by atoms with van der Waals surface area (Å²) in [6.45, 7) is 0.531. The normalized spacial score (nSPS) is 11.1. The molecule has 8 heteroatoms. The third-order valence-corrected chi connectivity index (χ3v) is 8.18. The molecule has 0 aliphatic heterocycles. The maximum atomic E-state index is 5.54. The summed E-state index contributed by atoms with van der Waals surface area (Å²) in [5.41, 5.74) is 7.07. The summed E-state index contributed by atoms with van der Waals surface area (Å²) in [4.78, 5) is 7.78. The van der Waals surface area contributed by atoms with Gasteiger partial charge in [0.1, 0.15) is 0 Å². The molecule has 0 fully saturated rings. The van der Waals surface area contributed by atoms with Crippen LogP contribution >= 0.6 is 46.0 Å². The zero-order valence-electron chi connectivity index (χ0n) is 20.5. The molecule has 0 aromatic heterocycles. The Labute approximate surface area is 242 Å². The summed E-state index contributed by atoms with van der Waals surface area (Å²) in [6, 6.07) is 36.4. The van der Waals surface area contributed by atoms with Crippen LogP contribution in [0.2, 0.25) is 0 Å². The Hall–Kier alpha value is -3.30. The summed E-state index contributed by atoms with van der Waals surface area (Å²) in [5.74, 6) is 0. The minimum Gasteiger partial charge on any atom is -0.331 e. The lowest BCUT2D eigenvalue weighted by atomic mass is 10.1. The van der Waals surface area contributed by atoms with Gasteiger partial charge in [-0.25, -0.2) is 0 Å². The first-order chi connectivity index (χ1) is 18.7. The monoisotopic (exact) mass is 570 g/mol. The van der Waals surface area contributed by atoms with Crippen molar-refractivity contribution in [3.8, 4) is 0 Å². The van der Waals surface area contributed by atoms with Gasteiger partial charge in [-0.15, -0.1) is 0 Å². The molecule has 38 heavy (non-hydrogen) atoms. The van der Waals surface area contributed by atoms with Crippen LogP contribution in [0.3, 0.4) is 0 Å². The highest BCUT2D eigenvalue weighted by atomic mass is 33.1. The molecular formula is C30H26N4S4. The van der Waals surface area contributed by atoms with Gasteiger partial charge in [-0.05, 0) is 42.0 Å². The maximum absolute atomic E-state index is 5.54. The number of hydrogen-bond donors (Lipinski definition) is 2. The molecule has 0 radical (unpaired) electrons. The van der Waals surface area contributed by atoms with E-state index < -0.39 is 0 Å². The predicted octanol–water partition coefficient (Wildman–Crippen LogP) is 7.84. The number of aliphatic imine (C=N–C) groups is 1. The minimum atomic E-state index is 0.434. The number of nitrogens with one attached hydrogen (secondary N) is 2. The lowest BCUT2D eigenvalue weighted by Crippen LogP contribution is -2.23. The second kappa shape index (κ2) is 15.2. The molecule has 0 bridgehead atoms. The van der Waals surface area contributed by atoms with Crippen LogP contribution in [0, 0.1) is 0 Å². The molecular weight excluding hydrogens is 545 g/mol. The Bertz CT molecular complexity index is 1300. The molecule has 0 heterocycles. The van der Waals surface area contributed by atoms with Crippen LogP contribution in [0.25, 0.3) is 0 Å². The molecule has 4 aromatic carbocycles. The standard InChI is InChI=1S/C30H26N4S4/c35-27(19-23-11-3-1-4-12-23)22-31-20-24-13-7-9-17-28(24)37-38-29-18-10-8-14-25(29)21-32-34-30(36)33-26-15-5-2-6-16-26/h1-18,20-21H,19,22H2,(H2,33,34,36)/b31-20?,32-21+. The second-order valence-electron chi connectivity index (χ2n) is 8.10. The van der Waals surface area contributed by atoms with E-state index in [9.17, 15) is 0 Å². The topological polar surface area (TPSA) is 48.8 Å². The van der Waals surface area contributed by atoms with Crippen molar-refractivity contribution in [2.45, 2.75) is 16.2 Å². The first kappa shape index (κ1) is 27.7. The molecule has 0 spiro atoms. The number of thiocarbonyl (C=S) groups is 2. The van der Waals surface area contributed by atoms with Crippen LogP contribution in [0.1, 0.15) is 16.7 Å². The zero-order chi connectivity index (χ0) is 26.4. The minimum absolute atomic E-state index is 0.434. The first-order valence-corrected chi connectivity index (χ1v) is 14.9. The molecule has 0 saturated carbocycles. The van der Waals surface area contributed by atoms with Crippen molar-refractivity contribution in [1.29, 1.82) is 0 Å². The van der Waals surface area contributed by atoms with E-state index in [1.165, 1.54) is 5.56 Å². The molecule has 4 aromatic rings. The number of benzene rings is 4. The van der Waals surface area contributed by atoms with E-state index in [0.717, 1.165) is 37.9 Å². The first-order valence-electron chi connectivity index (χ1n) is 11.9. The van der Waals surface area contributed by atoms with Gasteiger partial charge >= 0.3 is 0 Å². The van der Waals surface area contributed by atoms with Crippen LogP contribution in [0.4, 0.5) is 5.69 Å². The van der Waals surface area contributed by atoms with E-state index in [-0.39, 0.29) is 0 Å². The molecule has 4 rings (SSSR count). The molecule has 0 atom stereocenters. The highest BCUT2D eigenvalue weighted by Gasteiger charge is 2.06. The third kappa shape index (κ3) is 9.22. The summed E-state index contributed by atoms with van der Waals surface area (Å²) in [7, 11) is 3.37. The summed E-state index contributed by atoms with van der Waals surface area (Å²) in [5, 5.41) is 7.86. The fourth-order valence-electron chi connectivity index (χ4n) is 3.38. The molecule has 4 nitrogen and oxygen atoms in total. The van der Waals surface area contributed by atoms with Gasteiger partial charge in [0.2, 0.25) is 0 Å². The van der Waals surface area contributed by atoms with Gasteiger partial charge < -0.3 is 5.32 Å². The Morgan fingerprint density at radius 2 is 1.24 bits per heavy atom. The van der Waals surface area contributed by atoms with Crippen LogP contribution < -0.4 is 10.7 Å². The average Bonchev–Trinajstić information content (AvgIpc) is 2.94. The van der Waals surface area contributed by atoms with E-state index in [2.05, 4.69) is 51.2 Å². The molecule has 0 amide bonds. The van der Waals surface area contributed by atoms with Crippen molar-refractivity contribution in [2.24, 2.45) is 10.1 Å². The van der Waals surface area contributed by atoms with Crippen molar-refractivity contribution < 1.29 is 0 Å². The van der Waals surface area contributed by atoms with Gasteiger partial charge in [-0.3, -0.25) is 10.4 Å². The van der Waals surface area contributed by atoms with E-state index in [0.29, 0.717) is 11.7 Å². The maximum Gasteiger partial charge on any atom is 0.191 e. The van der Waals surface area contributed by atoms with Crippen molar-refractivity contribution in [2.75, 3.05) is 11.9 Å². The van der Waals surface area contributed by atoms with Crippen molar-refractivity contribution in [1.82, 2.24) is 5.43 Å². The number of rotatable bonds is 11. The Kier molecular flexibility index (Phi) is 11.1. The van der Waals surface area contributed by atoms with Gasteiger partial charge in [0.05, 0.1) is 12.8 Å². The van der Waals surface area contributed by atoms with Gasteiger partial charge in [-0.2, -0.15) is 5.10 Å². The predicted molar refractivity (Wildman–Crippen MR) is 173 cm³/mol. The number of anilines is 1. The largest absolute Gasteiger partial charge is 0.331 e. The molecule has 190 valence electrons. The van der Waals surface area contributed by atoms with Gasteiger partial charge in [-0.1, -0.05) is 119 Å². The highest BCUT2D eigenvalue weighted by molar-refractivity contribution is 8.76. The Morgan fingerprint density at radius 3 is 1.89 bits per heavy atom. The fourth-order valence-corrected chi connectivity index (χ4v) is 6.13. The Morgan fingerprint density at radius 1 is 0.684 bits per heavy atom. The lowest BCUT2D eigenvalue weighted by molar-refractivity contribution is 1.05. The van der Waals surface area contributed by atoms with E-state index >= 15 is 0 Å². The summed E-state index contributed by atoms with van der Waals surface area (Å²) >= 11 is 10.9. The summed E-state index contributed by atoms with van der Waals surface area (Å²) < 4.78 is 0. The number of para-hydroxylation sites is 1. The molecule has 0 unspecified atom stereocenters. The molecule has 0 aliphatic rings. The van der Waals surface area contributed by atoms with E-state index in [1.807, 2.05) is 85.1 Å². The SMILES string of the molecule is S=C(CN=Cc1ccccc1SSc1ccccc1/C=N/NC(=S)Nc1ccccc1)Cc1ccccc1. The van der Waals surface area contributed by atoms with Crippen LogP contribution in [0.5, 0.6) is 0 Å². The van der Waals surface area contributed by atoms with Gasteiger partial charge in [0.15, 0.2) is 5.11 Å². The van der Waals surface area contributed by atoms with E-state index in [1.54, 1.807) is 27.8 Å². The van der Waals surface area contributed by atoms with Crippen molar-refractivity contribution in [3.05, 3.63) is 126 Å².